The van der Waals surface area contributed by atoms with Crippen LogP contribution in [-0.2, 0) is 5.41 Å². The molecule has 0 N–H and O–H groups in total. The second-order valence-electron chi connectivity index (χ2n) is 15.0. The lowest BCUT2D eigenvalue weighted by atomic mass is 9.70. The molecule has 0 atom stereocenters. The topological polar surface area (TPSA) is 67.4 Å². The average molecular weight is 738 g/mol. The van der Waals surface area contributed by atoms with E-state index in [-0.39, 0.29) is 0 Å². The van der Waals surface area contributed by atoms with E-state index < -0.39 is 5.41 Å². The van der Waals surface area contributed by atoms with E-state index in [0.29, 0.717) is 23.2 Å². The maximum absolute atomic E-state index is 9.38. The minimum Gasteiger partial charge on any atom is -0.278 e. The molecule has 58 heavy (non-hydrogen) atoms. The zero-order valence-corrected chi connectivity index (χ0v) is 31.1. The Morgan fingerprint density at radius 1 is 0.431 bits per heavy atom. The summed E-state index contributed by atoms with van der Waals surface area (Å²) in [7, 11) is 0. The third-order valence-corrected chi connectivity index (χ3v) is 12.1. The van der Waals surface area contributed by atoms with Gasteiger partial charge in [-0.3, -0.25) is 4.57 Å². The van der Waals surface area contributed by atoms with Crippen LogP contribution in [0.3, 0.4) is 0 Å². The van der Waals surface area contributed by atoms with Gasteiger partial charge in [-0.25, -0.2) is 4.98 Å². The van der Waals surface area contributed by atoms with Crippen LogP contribution in [0.4, 0.5) is 0 Å². The summed E-state index contributed by atoms with van der Waals surface area (Å²) in [6, 6.07) is 68.4. The molecule has 8 aromatic carbocycles. The summed E-state index contributed by atoms with van der Waals surface area (Å²) < 4.78 is 2.22. The molecule has 5 heteroatoms. The van der Waals surface area contributed by atoms with Crippen LogP contribution in [0.15, 0.2) is 188 Å². The molecule has 0 saturated heterocycles. The van der Waals surface area contributed by atoms with Gasteiger partial charge in [0.2, 0.25) is 5.95 Å². The number of para-hydroxylation sites is 1. The highest BCUT2D eigenvalue weighted by molar-refractivity contribution is 6.18. The molecule has 0 saturated carbocycles. The number of nitrogens with zero attached hydrogens (tertiary/aromatic N) is 5. The van der Waals surface area contributed by atoms with E-state index in [1.165, 1.54) is 49.9 Å². The van der Waals surface area contributed by atoms with Crippen LogP contribution in [0.1, 0.15) is 27.8 Å². The molecule has 0 amide bonds. The summed E-state index contributed by atoms with van der Waals surface area (Å²) in [5.41, 5.74) is 16.4. The molecule has 12 rings (SSSR count). The molecule has 0 radical (unpaired) electrons. The molecule has 0 aliphatic heterocycles. The van der Waals surface area contributed by atoms with Crippen molar-refractivity contribution in [3.63, 3.8) is 0 Å². The molecular formula is C53H31N5. The highest BCUT2D eigenvalue weighted by Crippen LogP contribution is 2.64. The van der Waals surface area contributed by atoms with Gasteiger partial charge in [-0.1, -0.05) is 158 Å². The zero-order chi connectivity index (χ0) is 38.4. The minimum atomic E-state index is -0.447. The Morgan fingerprint density at radius 3 is 1.74 bits per heavy atom. The van der Waals surface area contributed by atoms with Crippen LogP contribution in [0, 0.1) is 11.3 Å². The summed E-state index contributed by atoms with van der Waals surface area (Å²) >= 11 is 0. The largest absolute Gasteiger partial charge is 0.278 e. The molecule has 5 nitrogen and oxygen atoms in total. The van der Waals surface area contributed by atoms with Gasteiger partial charge >= 0.3 is 0 Å². The van der Waals surface area contributed by atoms with Crippen molar-refractivity contribution in [2.45, 2.75) is 5.41 Å². The van der Waals surface area contributed by atoms with Crippen LogP contribution in [0.2, 0.25) is 0 Å². The van der Waals surface area contributed by atoms with E-state index in [1.807, 2.05) is 66.7 Å². The smallest absolute Gasteiger partial charge is 0.238 e. The van der Waals surface area contributed by atoms with Crippen molar-refractivity contribution in [3.05, 3.63) is 216 Å². The lowest BCUT2D eigenvalue weighted by Crippen LogP contribution is -2.25. The first-order valence-corrected chi connectivity index (χ1v) is 19.5. The lowest BCUT2D eigenvalue weighted by molar-refractivity contribution is 0.794. The molecule has 2 aliphatic carbocycles. The fourth-order valence-corrected chi connectivity index (χ4v) is 9.74. The number of fused-ring (bicyclic) bond motifs is 14. The summed E-state index contributed by atoms with van der Waals surface area (Å²) in [6.45, 7) is 0. The number of rotatable bonds is 4. The predicted octanol–water partition coefficient (Wildman–Crippen LogP) is 12.2. The molecule has 2 aromatic heterocycles. The van der Waals surface area contributed by atoms with Crippen molar-refractivity contribution in [2.75, 3.05) is 0 Å². The summed E-state index contributed by atoms with van der Waals surface area (Å²) in [5, 5.41) is 11.7. The average Bonchev–Trinajstić information content (AvgIpc) is 3.91. The van der Waals surface area contributed by atoms with Crippen molar-refractivity contribution < 1.29 is 0 Å². The third kappa shape index (κ3) is 4.43. The van der Waals surface area contributed by atoms with Gasteiger partial charge in [-0.15, -0.1) is 0 Å². The molecule has 1 spiro atoms. The Labute approximate surface area is 334 Å². The van der Waals surface area contributed by atoms with Crippen LogP contribution in [0.25, 0.3) is 83.9 Å². The maximum Gasteiger partial charge on any atom is 0.238 e. The van der Waals surface area contributed by atoms with E-state index in [2.05, 4.69) is 132 Å². The predicted molar refractivity (Wildman–Crippen MR) is 231 cm³/mol. The van der Waals surface area contributed by atoms with Crippen LogP contribution < -0.4 is 0 Å². The SMILES string of the molecule is N#Cc1ccc(-c2cccc(-c3nc(-c4ccccc4)nc(-n4c5ccccc5c5c6c(ccc54)C4(c5ccccc5-c5ccccc54)c4ccccc4-6)n3)c2)cc1. The lowest BCUT2D eigenvalue weighted by Gasteiger charge is -2.30. The number of hydrogen-bond acceptors (Lipinski definition) is 4. The Bertz CT molecular complexity index is 3310. The number of benzene rings is 8. The fourth-order valence-electron chi connectivity index (χ4n) is 9.74. The zero-order valence-electron chi connectivity index (χ0n) is 31.1. The van der Waals surface area contributed by atoms with Gasteiger partial charge in [0.05, 0.1) is 28.1 Å². The minimum absolute atomic E-state index is 0.447. The van der Waals surface area contributed by atoms with Crippen molar-refractivity contribution in [1.82, 2.24) is 19.5 Å². The molecule has 0 fully saturated rings. The highest BCUT2D eigenvalue weighted by atomic mass is 15.2. The molecule has 2 aliphatic rings. The van der Waals surface area contributed by atoms with Gasteiger partial charge in [-0.05, 0) is 86.0 Å². The van der Waals surface area contributed by atoms with Crippen LogP contribution in [-0.4, -0.2) is 19.5 Å². The van der Waals surface area contributed by atoms with Gasteiger partial charge < -0.3 is 0 Å². The van der Waals surface area contributed by atoms with E-state index in [4.69, 9.17) is 15.0 Å². The monoisotopic (exact) mass is 737 g/mol. The number of aromatic nitrogens is 4. The Kier molecular flexibility index (Phi) is 6.84. The Balaban J connectivity index is 1.14. The van der Waals surface area contributed by atoms with Crippen molar-refractivity contribution in [3.8, 4) is 68.2 Å². The molecule has 0 unspecified atom stereocenters. The molecule has 2 heterocycles. The third-order valence-electron chi connectivity index (χ3n) is 12.1. The standard InChI is InChI=1S/C53H31N5/c54-32-33-25-27-34(28-26-33)36-15-12-16-37(31-36)51-55-50(35-13-2-1-3-14-35)56-52(57-51)58-46-24-11-7-20-41(46)49-47(58)30-29-45-48(49)40-19-6-10-23-44(40)53(45)42-21-8-4-17-38(42)39-18-5-9-22-43(39)53/h1-31H. The molecule has 0 bridgehead atoms. The van der Waals surface area contributed by atoms with E-state index in [9.17, 15) is 5.26 Å². The van der Waals surface area contributed by atoms with Gasteiger partial charge in [0.1, 0.15) is 0 Å². The first kappa shape index (κ1) is 32.3. The maximum atomic E-state index is 9.38. The van der Waals surface area contributed by atoms with Gasteiger partial charge in [0.15, 0.2) is 11.6 Å². The Hall–Kier alpha value is -7.94. The summed E-state index contributed by atoms with van der Waals surface area (Å²) in [6.07, 6.45) is 0. The number of hydrogen-bond donors (Lipinski definition) is 0. The van der Waals surface area contributed by atoms with Gasteiger partial charge in [0, 0.05) is 21.9 Å². The van der Waals surface area contributed by atoms with Gasteiger partial charge in [0.25, 0.3) is 0 Å². The second-order valence-corrected chi connectivity index (χ2v) is 15.0. The summed E-state index contributed by atoms with van der Waals surface area (Å²) in [4.78, 5) is 15.7. The molecule has 268 valence electrons. The Morgan fingerprint density at radius 2 is 1.02 bits per heavy atom. The van der Waals surface area contributed by atoms with Crippen LogP contribution in [0.5, 0.6) is 0 Å². The first-order chi connectivity index (χ1) is 28.7. The van der Waals surface area contributed by atoms with E-state index >= 15 is 0 Å². The van der Waals surface area contributed by atoms with Crippen LogP contribution >= 0.6 is 0 Å². The molecular weight excluding hydrogens is 707 g/mol. The van der Waals surface area contributed by atoms with Crippen molar-refractivity contribution in [1.29, 1.82) is 5.26 Å². The van der Waals surface area contributed by atoms with Crippen molar-refractivity contribution in [2.24, 2.45) is 0 Å². The molecule has 10 aromatic rings. The normalized spacial score (nSPS) is 12.9. The summed E-state index contributed by atoms with van der Waals surface area (Å²) in [5.74, 6) is 1.73. The van der Waals surface area contributed by atoms with E-state index in [0.717, 1.165) is 38.7 Å². The first-order valence-electron chi connectivity index (χ1n) is 19.5. The fraction of sp³-hybridized carbons (Fsp3) is 0.0189. The van der Waals surface area contributed by atoms with Gasteiger partial charge in [-0.2, -0.15) is 15.2 Å². The van der Waals surface area contributed by atoms with E-state index in [1.54, 1.807) is 0 Å². The second kappa shape index (κ2) is 12.3. The highest BCUT2D eigenvalue weighted by Gasteiger charge is 2.52. The number of nitriles is 1. The quantitative estimate of drug-likeness (QED) is 0.180. The van der Waals surface area contributed by atoms with Crippen molar-refractivity contribution >= 4 is 21.8 Å².